The van der Waals surface area contributed by atoms with E-state index < -0.39 is 0 Å². The molecule has 1 N–H and O–H groups in total. The van der Waals surface area contributed by atoms with Gasteiger partial charge in [-0.25, -0.2) is 4.98 Å². The molecule has 0 spiro atoms. The van der Waals surface area contributed by atoms with E-state index in [-0.39, 0.29) is 11.8 Å². The van der Waals surface area contributed by atoms with Crippen molar-refractivity contribution < 1.29 is 9.59 Å². The first kappa shape index (κ1) is 10.5. The second kappa shape index (κ2) is 3.88. The molecule has 0 fully saturated rings. The summed E-state index contributed by atoms with van der Waals surface area (Å²) in [6.45, 7) is 3.68. The number of imide groups is 1. The van der Waals surface area contributed by atoms with Gasteiger partial charge in [-0.05, 0) is 13.8 Å². The number of aromatic amines is 1. The van der Waals surface area contributed by atoms with Crippen LogP contribution >= 0.6 is 0 Å². The van der Waals surface area contributed by atoms with E-state index in [2.05, 4.69) is 15.2 Å². The minimum Gasteiger partial charge on any atom is -0.274 e. The summed E-state index contributed by atoms with van der Waals surface area (Å²) in [6, 6.07) is 0. The number of aromatic nitrogens is 3. The van der Waals surface area contributed by atoms with Gasteiger partial charge in [-0.1, -0.05) is 0 Å². The van der Waals surface area contributed by atoms with Crippen LogP contribution in [0.1, 0.15) is 19.7 Å². The third kappa shape index (κ3) is 1.62. The number of nitrogens with one attached hydrogen (secondary N) is 1. The molecule has 0 radical (unpaired) electrons. The van der Waals surface area contributed by atoms with Crippen molar-refractivity contribution in [2.75, 3.05) is 6.54 Å². The summed E-state index contributed by atoms with van der Waals surface area (Å²) in [7, 11) is 0. The van der Waals surface area contributed by atoms with Crippen molar-refractivity contribution in [2.24, 2.45) is 0 Å². The number of hydrogen-bond donors (Lipinski definition) is 1. The Morgan fingerprint density at radius 1 is 1.25 bits per heavy atom. The van der Waals surface area contributed by atoms with Gasteiger partial charge in [0.15, 0.2) is 0 Å². The van der Waals surface area contributed by atoms with Gasteiger partial charge in [-0.3, -0.25) is 19.6 Å². The highest BCUT2D eigenvalue weighted by Crippen LogP contribution is 2.19. The molecule has 84 valence electrons. The molecule has 0 atom stereocenters. The van der Waals surface area contributed by atoms with E-state index in [0.717, 1.165) is 0 Å². The Balaban J connectivity index is 2.03. The molecular weight excluding hydrogens is 208 g/mol. The zero-order valence-electron chi connectivity index (χ0n) is 9.15. The van der Waals surface area contributed by atoms with E-state index >= 15 is 0 Å². The Morgan fingerprint density at radius 2 is 1.88 bits per heavy atom. The normalized spacial score (nSPS) is 16.5. The average Bonchev–Trinajstić information content (AvgIpc) is 2.84. The van der Waals surface area contributed by atoms with Gasteiger partial charge in [0, 0.05) is 24.1 Å². The Hall–Kier alpha value is -1.98. The van der Waals surface area contributed by atoms with Crippen LogP contribution in [0, 0.1) is 0 Å². The van der Waals surface area contributed by atoms with Gasteiger partial charge in [0.05, 0.1) is 0 Å². The molecule has 0 bridgehead atoms. The molecule has 0 aromatic carbocycles. The predicted octanol–water partition coefficient (Wildman–Crippen LogP) is 0.0524. The molecule has 1 aliphatic heterocycles. The van der Waals surface area contributed by atoms with E-state index in [1.165, 1.54) is 11.2 Å². The average molecular weight is 220 g/mol. The summed E-state index contributed by atoms with van der Waals surface area (Å²) in [5.41, 5.74) is 1.06. The molecule has 1 aromatic rings. The van der Waals surface area contributed by atoms with Crippen LogP contribution in [0.15, 0.2) is 17.5 Å². The van der Waals surface area contributed by atoms with Crippen molar-refractivity contribution in [3.05, 3.63) is 23.3 Å². The number of nitrogens with zero attached hydrogens (tertiary/aromatic N) is 3. The molecular formula is C10H12N4O2. The van der Waals surface area contributed by atoms with Crippen LogP contribution < -0.4 is 0 Å². The van der Waals surface area contributed by atoms with Crippen molar-refractivity contribution in [3.8, 4) is 0 Å². The monoisotopic (exact) mass is 220 g/mol. The van der Waals surface area contributed by atoms with Gasteiger partial charge in [-0.2, -0.15) is 5.10 Å². The lowest BCUT2D eigenvalue weighted by Crippen LogP contribution is -2.33. The van der Waals surface area contributed by atoms with Crippen LogP contribution in [0.4, 0.5) is 0 Å². The number of rotatable bonds is 3. The summed E-state index contributed by atoms with van der Waals surface area (Å²) in [5, 5.41) is 6.39. The summed E-state index contributed by atoms with van der Waals surface area (Å²) in [5.74, 6) is 0.256. The Morgan fingerprint density at radius 3 is 2.38 bits per heavy atom. The Bertz CT molecular complexity index is 437. The maximum atomic E-state index is 11.7. The van der Waals surface area contributed by atoms with E-state index in [0.29, 0.717) is 29.9 Å². The first-order chi connectivity index (χ1) is 7.61. The van der Waals surface area contributed by atoms with Gasteiger partial charge in [-0.15, -0.1) is 0 Å². The maximum absolute atomic E-state index is 11.7. The Labute approximate surface area is 92.4 Å². The molecule has 16 heavy (non-hydrogen) atoms. The van der Waals surface area contributed by atoms with E-state index in [9.17, 15) is 9.59 Å². The van der Waals surface area contributed by atoms with Gasteiger partial charge in [0.2, 0.25) is 0 Å². The smallest absolute Gasteiger partial charge is 0.256 e. The lowest BCUT2D eigenvalue weighted by atomic mass is 10.2. The largest absolute Gasteiger partial charge is 0.274 e. The fourth-order valence-corrected chi connectivity index (χ4v) is 1.59. The predicted molar refractivity (Wildman–Crippen MR) is 55.2 cm³/mol. The third-order valence-corrected chi connectivity index (χ3v) is 2.73. The molecule has 0 saturated heterocycles. The van der Waals surface area contributed by atoms with Gasteiger partial charge in [0.25, 0.3) is 11.8 Å². The molecule has 6 heteroatoms. The van der Waals surface area contributed by atoms with Gasteiger partial charge >= 0.3 is 0 Å². The second-order valence-corrected chi connectivity index (χ2v) is 3.69. The summed E-state index contributed by atoms with van der Waals surface area (Å²) in [4.78, 5) is 28.6. The van der Waals surface area contributed by atoms with Crippen LogP contribution in [0.3, 0.4) is 0 Å². The fourth-order valence-electron chi connectivity index (χ4n) is 1.59. The molecule has 0 unspecified atom stereocenters. The standard InChI is InChI=1S/C10H12N4O2/c1-6-7(2)10(16)14(9(6)15)4-3-8-11-5-12-13-8/h5H,3-4H2,1-2H3,(H,11,12,13). The first-order valence-electron chi connectivity index (χ1n) is 4.99. The highest BCUT2D eigenvalue weighted by molar-refractivity contribution is 6.18. The summed E-state index contributed by atoms with van der Waals surface area (Å²) in [6.07, 6.45) is 1.90. The highest BCUT2D eigenvalue weighted by atomic mass is 16.2. The lowest BCUT2D eigenvalue weighted by Gasteiger charge is -2.13. The summed E-state index contributed by atoms with van der Waals surface area (Å²) >= 11 is 0. The quantitative estimate of drug-likeness (QED) is 0.730. The van der Waals surface area contributed by atoms with Crippen LogP contribution in [0.25, 0.3) is 0 Å². The SMILES string of the molecule is CC1=C(C)C(=O)N(CCc2ncn[nH]2)C1=O. The van der Waals surface area contributed by atoms with Crippen molar-refractivity contribution in [1.82, 2.24) is 20.1 Å². The molecule has 2 heterocycles. The number of hydrogen-bond acceptors (Lipinski definition) is 4. The molecule has 1 aliphatic rings. The van der Waals surface area contributed by atoms with E-state index in [4.69, 9.17) is 0 Å². The maximum Gasteiger partial charge on any atom is 0.256 e. The van der Waals surface area contributed by atoms with Gasteiger partial charge in [0.1, 0.15) is 12.2 Å². The van der Waals surface area contributed by atoms with Crippen LogP contribution in [0.5, 0.6) is 0 Å². The van der Waals surface area contributed by atoms with Crippen molar-refractivity contribution >= 4 is 11.8 Å². The van der Waals surface area contributed by atoms with Crippen LogP contribution in [-0.4, -0.2) is 38.4 Å². The number of amides is 2. The van der Waals surface area contributed by atoms with Crippen molar-refractivity contribution in [2.45, 2.75) is 20.3 Å². The Kier molecular flexibility index (Phi) is 2.55. The molecule has 2 rings (SSSR count). The van der Waals surface area contributed by atoms with Crippen molar-refractivity contribution in [1.29, 1.82) is 0 Å². The fraction of sp³-hybridized carbons (Fsp3) is 0.400. The van der Waals surface area contributed by atoms with E-state index in [1.807, 2.05) is 0 Å². The minimum absolute atomic E-state index is 0.206. The molecule has 1 aromatic heterocycles. The molecule has 2 amide bonds. The van der Waals surface area contributed by atoms with Crippen molar-refractivity contribution in [3.63, 3.8) is 0 Å². The first-order valence-corrected chi connectivity index (χ1v) is 4.99. The third-order valence-electron chi connectivity index (χ3n) is 2.73. The number of H-pyrrole nitrogens is 1. The second-order valence-electron chi connectivity index (χ2n) is 3.69. The van der Waals surface area contributed by atoms with E-state index in [1.54, 1.807) is 13.8 Å². The topological polar surface area (TPSA) is 79.0 Å². The number of carbonyl (C=O) groups is 2. The number of carbonyl (C=O) groups excluding carboxylic acids is 2. The zero-order valence-corrected chi connectivity index (χ0v) is 9.15. The molecule has 0 aliphatic carbocycles. The zero-order chi connectivity index (χ0) is 11.7. The minimum atomic E-state index is -0.206. The highest BCUT2D eigenvalue weighted by Gasteiger charge is 2.32. The summed E-state index contributed by atoms with van der Waals surface area (Å²) < 4.78 is 0. The molecule has 6 nitrogen and oxygen atoms in total. The molecule has 0 saturated carbocycles. The van der Waals surface area contributed by atoms with Gasteiger partial charge < -0.3 is 0 Å². The van der Waals surface area contributed by atoms with Crippen LogP contribution in [-0.2, 0) is 16.0 Å². The van der Waals surface area contributed by atoms with Crippen LogP contribution in [0.2, 0.25) is 0 Å². The lowest BCUT2D eigenvalue weighted by molar-refractivity contribution is -0.137.